The second kappa shape index (κ2) is 5.11. The number of aliphatic carboxylic acids is 1. The lowest BCUT2D eigenvalue weighted by molar-refractivity contribution is -0.385. The second-order valence-electron chi connectivity index (χ2n) is 3.59. The third-order valence-electron chi connectivity index (χ3n) is 2.01. The van der Waals surface area contributed by atoms with Crippen LogP contribution in [-0.2, 0) is 4.79 Å². The fraction of sp³-hybridized carbons (Fsp3) is 0.182. The molecule has 1 aromatic carbocycles. The first-order valence-electron chi connectivity index (χ1n) is 4.79. The number of para-hydroxylation sites is 1. The number of carboxylic acid groups (broad SMARTS) is 1. The zero-order valence-corrected chi connectivity index (χ0v) is 9.45. The van der Waals surface area contributed by atoms with Crippen molar-refractivity contribution >= 4 is 17.2 Å². The van der Waals surface area contributed by atoms with Gasteiger partial charge in [-0.2, -0.15) is 0 Å². The third kappa shape index (κ3) is 3.04. The molecule has 0 unspecified atom stereocenters. The summed E-state index contributed by atoms with van der Waals surface area (Å²) in [5.41, 5.74) is -0.232. The molecule has 1 N–H and O–H groups in total. The summed E-state index contributed by atoms with van der Waals surface area (Å²) in [5.74, 6) is -1.20. The zero-order valence-electron chi connectivity index (χ0n) is 9.45. The highest BCUT2D eigenvalue weighted by molar-refractivity contribution is 6.16. The lowest BCUT2D eigenvalue weighted by atomic mass is 10.0. The number of nitro groups is 1. The van der Waals surface area contributed by atoms with Crippen molar-refractivity contribution in [1.82, 2.24) is 4.90 Å². The van der Waals surface area contributed by atoms with Crippen molar-refractivity contribution in [1.29, 1.82) is 0 Å². The molecule has 0 fully saturated rings. The van der Waals surface area contributed by atoms with Gasteiger partial charge in [0, 0.05) is 26.4 Å². The predicted molar refractivity (Wildman–Crippen MR) is 62.4 cm³/mol. The van der Waals surface area contributed by atoms with E-state index in [4.69, 9.17) is 5.11 Å². The monoisotopic (exact) mass is 236 g/mol. The van der Waals surface area contributed by atoms with E-state index in [0.717, 1.165) is 0 Å². The van der Waals surface area contributed by atoms with Gasteiger partial charge in [0.05, 0.1) is 16.1 Å². The molecule has 0 aliphatic heterocycles. The number of hydrogen-bond donors (Lipinski definition) is 1. The highest BCUT2D eigenvalue weighted by atomic mass is 16.6. The van der Waals surface area contributed by atoms with Gasteiger partial charge in [-0.05, 0) is 6.07 Å². The third-order valence-corrected chi connectivity index (χ3v) is 2.01. The Morgan fingerprint density at radius 2 is 2.00 bits per heavy atom. The van der Waals surface area contributed by atoms with Gasteiger partial charge in [-0.25, -0.2) is 4.79 Å². The Balaban J connectivity index is 3.39. The SMILES string of the molecule is CN(C)/C=C(\C(=O)O)c1ccccc1[N+](=O)[O-]. The van der Waals surface area contributed by atoms with Gasteiger partial charge < -0.3 is 10.0 Å². The molecule has 1 aromatic rings. The Bertz CT molecular complexity index is 480. The van der Waals surface area contributed by atoms with E-state index in [-0.39, 0.29) is 16.8 Å². The number of hydrogen-bond acceptors (Lipinski definition) is 4. The van der Waals surface area contributed by atoms with Gasteiger partial charge in [-0.3, -0.25) is 10.1 Å². The number of nitrogens with zero attached hydrogens (tertiary/aromatic N) is 2. The van der Waals surface area contributed by atoms with Crippen LogP contribution in [0.4, 0.5) is 5.69 Å². The first kappa shape index (κ1) is 12.7. The number of benzene rings is 1. The Morgan fingerprint density at radius 1 is 1.41 bits per heavy atom. The van der Waals surface area contributed by atoms with Crippen molar-refractivity contribution in [2.45, 2.75) is 0 Å². The van der Waals surface area contributed by atoms with Gasteiger partial charge in [0.15, 0.2) is 0 Å². The van der Waals surface area contributed by atoms with E-state index in [1.165, 1.54) is 29.3 Å². The summed E-state index contributed by atoms with van der Waals surface area (Å²) in [4.78, 5) is 22.8. The van der Waals surface area contributed by atoms with E-state index in [2.05, 4.69) is 0 Å². The maximum atomic E-state index is 11.1. The zero-order chi connectivity index (χ0) is 13.0. The van der Waals surface area contributed by atoms with Crippen LogP contribution in [0.25, 0.3) is 5.57 Å². The fourth-order valence-electron chi connectivity index (χ4n) is 1.36. The van der Waals surface area contributed by atoms with Crippen LogP contribution in [0, 0.1) is 10.1 Å². The topological polar surface area (TPSA) is 83.7 Å². The average molecular weight is 236 g/mol. The van der Waals surface area contributed by atoms with E-state index in [1.807, 2.05) is 0 Å². The van der Waals surface area contributed by atoms with E-state index in [9.17, 15) is 14.9 Å². The molecule has 0 aliphatic rings. The largest absolute Gasteiger partial charge is 0.478 e. The van der Waals surface area contributed by atoms with Crippen LogP contribution in [0.15, 0.2) is 30.5 Å². The Morgan fingerprint density at radius 3 is 2.47 bits per heavy atom. The molecule has 0 aliphatic carbocycles. The molecule has 90 valence electrons. The van der Waals surface area contributed by atoms with E-state index in [0.29, 0.717) is 0 Å². The number of rotatable bonds is 4. The number of carboxylic acids is 1. The minimum Gasteiger partial charge on any atom is -0.478 e. The van der Waals surface area contributed by atoms with Crippen molar-refractivity contribution in [2.75, 3.05) is 14.1 Å². The summed E-state index contributed by atoms with van der Waals surface area (Å²) >= 11 is 0. The Labute approximate surface area is 97.9 Å². The summed E-state index contributed by atoms with van der Waals surface area (Å²) in [6.45, 7) is 0. The average Bonchev–Trinajstić information content (AvgIpc) is 2.25. The minimum absolute atomic E-state index is 0.0960. The molecule has 0 bridgehead atoms. The molecule has 0 saturated heterocycles. The lowest BCUT2D eigenvalue weighted by Crippen LogP contribution is -2.09. The van der Waals surface area contributed by atoms with Crippen LogP contribution in [0.1, 0.15) is 5.56 Å². The summed E-state index contributed by atoms with van der Waals surface area (Å²) in [5, 5.41) is 19.9. The summed E-state index contributed by atoms with van der Waals surface area (Å²) in [6.07, 6.45) is 1.34. The van der Waals surface area contributed by atoms with Crippen LogP contribution in [0.2, 0.25) is 0 Å². The van der Waals surface area contributed by atoms with Crippen molar-refractivity contribution < 1.29 is 14.8 Å². The fourth-order valence-corrected chi connectivity index (χ4v) is 1.36. The number of nitro benzene ring substituents is 1. The number of carbonyl (C=O) groups is 1. The quantitative estimate of drug-likeness (QED) is 0.487. The molecule has 0 heterocycles. The second-order valence-corrected chi connectivity index (χ2v) is 3.59. The summed E-state index contributed by atoms with van der Waals surface area (Å²) < 4.78 is 0. The minimum atomic E-state index is -1.20. The van der Waals surface area contributed by atoms with Gasteiger partial charge in [0.2, 0.25) is 0 Å². The predicted octanol–water partition coefficient (Wildman–Crippen LogP) is 1.58. The molecule has 0 radical (unpaired) electrons. The molecule has 0 spiro atoms. The molecule has 6 nitrogen and oxygen atoms in total. The van der Waals surface area contributed by atoms with Gasteiger partial charge >= 0.3 is 5.97 Å². The maximum absolute atomic E-state index is 11.1. The molecular weight excluding hydrogens is 224 g/mol. The molecule has 0 amide bonds. The van der Waals surface area contributed by atoms with E-state index >= 15 is 0 Å². The standard InChI is InChI=1S/C11H12N2O4/c1-12(2)7-9(11(14)15)8-5-3-4-6-10(8)13(16)17/h3-7H,1-2H3,(H,14,15)/b9-7-. The molecule has 0 aromatic heterocycles. The molecule has 0 atom stereocenters. The van der Waals surface area contributed by atoms with Gasteiger partial charge in [0.25, 0.3) is 5.69 Å². The molecular formula is C11H12N2O4. The molecule has 17 heavy (non-hydrogen) atoms. The van der Waals surface area contributed by atoms with Crippen molar-refractivity contribution in [3.05, 3.63) is 46.1 Å². The van der Waals surface area contributed by atoms with Crippen LogP contribution in [0.3, 0.4) is 0 Å². The smallest absolute Gasteiger partial charge is 0.338 e. The first-order chi connectivity index (χ1) is 7.93. The summed E-state index contributed by atoms with van der Waals surface area (Å²) in [6, 6.07) is 5.76. The van der Waals surface area contributed by atoms with Crippen LogP contribution in [0.5, 0.6) is 0 Å². The van der Waals surface area contributed by atoms with E-state index in [1.54, 1.807) is 20.2 Å². The Hall–Kier alpha value is -2.37. The molecule has 1 rings (SSSR count). The van der Waals surface area contributed by atoms with Crippen LogP contribution in [-0.4, -0.2) is 35.0 Å². The van der Waals surface area contributed by atoms with Crippen molar-refractivity contribution in [2.24, 2.45) is 0 Å². The van der Waals surface area contributed by atoms with Crippen molar-refractivity contribution in [3.8, 4) is 0 Å². The summed E-state index contributed by atoms with van der Waals surface area (Å²) in [7, 11) is 3.30. The van der Waals surface area contributed by atoms with Gasteiger partial charge in [-0.15, -0.1) is 0 Å². The van der Waals surface area contributed by atoms with E-state index < -0.39 is 10.9 Å². The van der Waals surface area contributed by atoms with Crippen LogP contribution < -0.4 is 0 Å². The Kier molecular flexibility index (Phi) is 3.82. The lowest BCUT2D eigenvalue weighted by Gasteiger charge is -2.09. The molecule has 6 heteroatoms. The maximum Gasteiger partial charge on any atom is 0.338 e. The van der Waals surface area contributed by atoms with Gasteiger partial charge in [0.1, 0.15) is 0 Å². The normalized spacial score (nSPS) is 11.1. The van der Waals surface area contributed by atoms with Crippen molar-refractivity contribution in [3.63, 3.8) is 0 Å². The molecule has 0 saturated carbocycles. The highest BCUT2D eigenvalue weighted by Gasteiger charge is 2.20. The van der Waals surface area contributed by atoms with Crippen LogP contribution >= 0.6 is 0 Å². The first-order valence-corrected chi connectivity index (χ1v) is 4.79. The van der Waals surface area contributed by atoms with Gasteiger partial charge in [-0.1, -0.05) is 12.1 Å². The highest BCUT2D eigenvalue weighted by Crippen LogP contribution is 2.25.